The van der Waals surface area contributed by atoms with Crippen LogP contribution in [0.2, 0.25) is 0 Å². The van der Waals surface area contributed by atoms with Crippen LogP contribution in [-0.2, 0) is 6.42 Å². The summed E-state index contributed by atoms with van der Waals surface area (Å²) in [7, 11) is 0. The molecule has 3 aromatic carbocycles. The lowest BCUT2D eigenvalue weighted by molar-refractivity contribution is 0.667. The van der Waals surface area contributed by atoms with Gasteiger partial charge in [-0.1, -0.05) is 90.7 Å². The molecule has 0 atom stereocenters. The molecule has 2 heteroatoms. The van der Waals surface area contributed by atoms with Crippen molar-refractivity contribution in [1.29, 1.82) is 0 Å². The molecule has 1 nitrogen and oxygen atoms in total. The Labute approximate surface area is 177 Å². The normalized spacial score (nSPS) is 11.1. The molecule has 28 heavy (non-hydrogen) atoms. The SMILES string of the molecule is CCCCCCc1ccc(Nc2ccc(/C=C/c3ccc(Br)cc3)cc2)cc1. The summed E-state index contributed by atoms with van der Waals surface area (Å²) >= 11 is 3.47. The number of halogens is 1. The predicted octanol–water partition coefficient (Wildman–Crippen LogP) is 8.49. The van der Waals surface area contributed by atoms with Crippen LogP contribution in [0.25, 0.3) is 12.2 Å². The van der Waals surface area contributed by atoms with Crippen molar-refractivity contribution in [2.75, 3.05) is 5.32 Å². The number of aryl methyl sites for hydroxylation is 1. The number of hydrogen-bond donors (Lipinski definition) is 1. The standard InChI is InChI=1S/C26H28BrN/c1-2-3-4-5-6-21-11-17-25(18-12-21)28-26-19-13-23(14-20-26)8-7-22-9-15-24(27)16-10-22/h7-20,28H,2-6H2,1H3/b8-7+. The van der Waals surface area contributed by atoms with Crippen LogP contribution >= 0.6 is 15.9 Å². The van der Waals surface area contributed by atoms with Gasteiger partial charge in [0.1, 0.15) is 0 Å². The Hall–Kier alpha value is -2.32. The summed E-state index contributed by atoms with van der Waals surface area (Å²) in [6.45, 7) is 2.26. The first-order valence-corrected chi connectivity index (χ1v) is 10.9. The minimum atomic E-state index is 1.10. The quantitative estimate of drug-likeness (QED) is 0.263. The maximum absolute atomic E-state index is 3.49. The monoisotopic (exact) mass is 433 g/mol. The molecule has 0 radical (unpaired) electrons. The van der Waals surface area contributed by atoms with E-state index < -0.39 is 0 Å². The number of hydrogen-bond acceptors (Lipinski definition) is 1. The minimum absolute atomic E-state index is 1.10. The van der Waals surface area contributed by atoms with Crippen molar-refractivity contribution in [2.45, 2.75) is 39.0 Å². The van der Waals surface area contributed by atoms with E-state index in [9.17, 15) is 0 Å². The summed E-state index contributed by atoms with van der Waals surface area (Å²) in [5, 5.41) is 3.49. The van der Waals surface area contributed by atoms with Gasteiger partial charge in [-0.05, 0) is 65.9 Å². The van der Waals surface area contributed by atoms with E-state index in [4.69, 9.17) is 0 Å². The predicted molar refractivity (Wildman–Crippen MR) is 127 cm³/mol. The molecule has 0 aromatic heterocycles. The van der Waals surface area contributed by atoms with Gasteiger partial charge < -0.3 is 5.32 Å². The third kappa shape index (κ3) is 6.69. The molecule has 0 saturated carbocycles. The summed E-state index contributed by atoms with van der Waals surface area (Å²) in [5.74, 6) is 0. The molecule has 0 fully saturated rings. The smallest absolute Gasteiger partial charge is 0.0384 e. The lowest BCUT2D eigenvalue weighted by atomic mass is 10.1. The van der Waals surface area contributed by atoms with E-state index in [1.54, 1.807) is 0 Å². The van der Waals surface area contributed by atoms with Gasteiger partial charge in [0.2, 0.25) is 0 Å². The van der Waals surface area contributed by atoms with Crippen LogP contribution in [0.3, 0.4) is 0 Å². The van der Waals surface area contributed by atoms with Gasteiger partial charge in [0.15, 0.2) is 0 Å². The fourth-order valence-electron chi connectivity index (χ4n) is 3.12. The van der Waals surface area contributed by atoms with Gasteiger partial charge in [-0.2, -0.15) is 0 Å². The third-order valence-electron chi connectivity index (χ3n) is 4.81. The fourth-order valence-corrected chi connectivity index (χ4v) is 3.39. The van der Waals surface area contributed by atoms with E-state index in [2.05, 4.69) is 113 Å². The van der Waals surface area contributed by atoms with Crippen LogP contribution in [-0.4, -0.2) is 0 Å². The molecular weight excluding hydrogens is 406 g/mol. The highest BCUT2D eigenvalue weighted by Crippen LogP contribution is 2.20. The van der Waals surface area contributed by atoms with Crippen LogP contribution in [0.1, 0.15) is 49.3 Å². The molecule has 144 valence electrons. The van der Waals surface area contributed by atoms with Crippen molar-refractivity contribution in [3.63, 3.8) is 0 Å². The van der Waals surface area contributed by atoms with Gasteiger partial charge in [0.25, 0.3) is 0 Å². The Bertz CT molecular complexity index is 862. The van der Waals surface area contributed by atoms with Crippen molar-refractivity contribution in [2.24, 2.45) is 0 Å². The second-order valence-electron chi connectivity index (χ2n) is 7.14. The van der Waals surface area contributed by atoms with Gasteiger partial charge in [0, 0.05) is 15.8 Å². The molecule has 3 rings (SSSR count). The molecule has 0 aliphatic rings. The summed E-state index contributed by atoms with van der Waals surface area (Å²) in [6, 6.07) is 25.7. The topological polar surface area (TPSA) is 12.0 Å². The average molecular weight is 434 g/mol. The molecule has 1 N–H and O–H groups in total. The molecule has 0 aliphatic carbocycles. The highest BCUT2D eigenvalue weighted by molar-refractivity contribution is 9.10. The van der Waals surface area contributed by atoms with E-state index in [1.807, 2.05) is 0 Å². The number of anilines is 2. The summed E-state index contributed by atoms with van der Waals surface area (Å²) < 4.78 is 1.10. The Morgan fingerprint density at radius 2 is 1.21 bits per heavy atom. The summed E-state index contributed by atoms with van der Waals surface area (Å²) in [5.41, 5.74) is 6.05. The van der Waals surface area contributed by atoms with E-state index in [0.717, 1.165) is 15.8 Å². The van der Waals surface area contributed by atoms with Gasteiger partial charge in [0.05, 0.1) is 0 Å². The van der Waals surface area contributed by atoms with Gasteiger partial charge >= 0.3 is 0 Å². The number of nitrogens with one attached hydrogen (secondary N) is 1. The Kier molecular flexibility index (Phi) is 7.93. The van der Waals surface area contributed by atoms with Crippen molar-refractivity contribution >= 4 is 39.5 Å². The molecule has 0 aliphatic heterocycles. The van der Waals surface area contributed by atoms with Crippen LogP contribution in [0.4, 0.5) is 11.4 Å². The lowest BCUT2D eigenvalue weighted by Gasteiger charge is -2.08. The van der Waals surface area contributed by atoms with Gasteiger partial charge in [-0.25, -0.2) is 0 Å². The highest BCUT2D eigenvalue weighted by Gasteiger charge is 1.98. The summed E-state index contributed by atoms with van der Waals surface area (Å²) in [6.07, 6.45) is 10.7. The molecule has 0 amide bonds. The van der Waals surface area contributed by atoms with Crippen molar-refractivity contribution in [3.8, 4) is 0 Å². The lowest BCUT2D eigenvalue weighted by Crippen LogP contribution is -1.91. The zero-order chi connectivity index (χ0) is 19.6. The highest BCUT2D eigenvalue weighted by atomic mass is 79.9. The van der Waals surface area contributed by atoms with Crippen LogP contribution in [0.15, 0.2) is 77.3 Å². The zero-order valence-corrected chi connectivity index (χ0v) is 18.1. The van der Waals surface area contributed by atoms with E-state index in [1.165, 1.54) is 48.8 Å². The molecule has 0 saturated heterocycles. The van der Waals surface area contributed by atoms with E-state index in [0.29, 0.717) is 0 Å². The molecular formula is C26H28BrN. The summed E-state index contributed by atoms with van der Waals surface area (Å²) in [4.78, 5) is 0. The molecule has 0 heterocycles. The molecule has 0 unspecified atom stereocenters. The first-order valence-electron chi connectivity index (χ1n) is 10.1. The number of unbranched alkanes of at least 4 members (excludes halogenated alkanes) is 3. The molecule has 0 spiro atoms. The first kappa shape index (κ1) is 20.4. The van der Waals surface area contributed by atoms with Crippen LogP contribution in [0, 0.1) is 0 Å². The maximum Gasteiger partial charge on any atom is 0.0384 e. The van der Waals surface area contributed by atoms with Gasteiger partial charge in [-0.15, -0.1) is 0 Å². The largest absolute Gasteiger partial charge is 0.356 e. The fraction of sp³-hybridized carbons (Fsp3) is 0.231. The molecule has 3 aromatic rings. The minimum Gasteiger partial charge on any atom is -0.356 e. The number of benzene rings is 3. The van der Waals surface area contributed by atoms with Crippen LogP contribution < -0.4 is 5.32 Å². The zero-order valence-electron chi connectivity index (χ0n) is 16.5. The third-order valence-corrected chi connectivity index (χ3v) is 5.34. The van der Waals surface area contributed by atoms with E-state index in [-0.39, 0.29) is 0 Å². The second kappa shape index (κ2) is 10.9. The van der Waals surface area contributed by atoms with Crippen molar-refractivity contribution < 1.29 is 0 Å². The maximum atomic E-state index is 3.49. The second-order valence-corrected chi connectivity index (χ2v) is 8.06. The van der Waals surface area contributed by atoms with Crippen LogP contribution in [0.5, 0.6) is 0 Å². The number of rotatable bonds is 9. The van der Waals surface area contributed by atoms with Gasteiger partial charge in [-0.3, -0.25) is 0 Å². The Morgan fingerprint density at radius 3 is 1.79 bits per heavy atom. The van der Waals surface area contributed by atoms with E-state index >= 15 is 0 Å². The first-order chi connectivity index (χ1) is 13.7. The average Bonchev–Trinajstić information content (AvgIpc) is 2.73. The van der Waals surface area contributed by atoms with Crippen molar-refractivity contribution in [3.05, 3.63) is 94.0 Å². The van der Waals surface area contributed by atoms with Crippen molar-refractivity contribution in [1.82, 2.24) is 0 Å². The molecule has 0 bridgehead atoms. The Morgan fingerprint density at radius 1 is 0.679 bits per heavy atom. The Balaban J connectivity index is 1.53.